The van der Waals surface area contributed by atoms with Crippen molar-refractivity contribution in [1.29, 1.82) is 0 Å². The summed E-state index contributed by atoms with van der Waals surface area (Å²) in [6.45, 7) is 2.06. The summed E-state index contributed by atoms with van der Waals surface area (Å²) in [5.74, 6) is 0. The van der Waals surface area contributed by atoms with Gasteiger partial charge in [-0.05, 0) is 43.2 Å². The molecule has 0 aromatic heterocycles. The third-order valence-corrected chi connectivity index (χ3v) is 3.97. The van der Waals surface area contributed by atoms with Gasteiger partial charge in [0.1, 0.15) is 0 Å². The van der Waals surface area contributed by atoms with Gasteiger partial charge in [-0.25, -0.2) is 0 Å². The Morgan fingerprint density at radius 1 is 1.10 bits per heavy atom. The summed E-state index contributed by atoms with van der Waals surface area (Å²) in [4.78, 5) is -0.0666. The van der Waals surface area contributed by atoms with Gasteiger partial charge in [0.15, 0.2) is 0 Å². The fraction of sp³-hybridized carbons (Fsp3) is 0.200. The molecule has 0 aliphatic rings. The van der Waals surface area contributed by atoms with Gasteiger partial charge in [-0.2, -0.15) is 8.42 Å². The SMILES string of the molecule is Cc1ccc(S(=O)(=O)O)cc1.OCCc1cccc(Br)c1. The maximum atomic E-state index is 10.5. The van der Waals surface area contributed by atoms with Gasteiger partial charge in [0.05, 0.1) is 4.90 Å². The Labute approximate surface area is 133 Å². The zero-order valence-corrected chi connectivity index (χ0v) is 13.9. The molecule has 0 radical (unpaired) electrons. The average Bonchev–Trinajstić information content (AvgIpc) is 2.39. The zero-order chi connectivity index (χ0) is 15.9. The minimum Gasteiger partial charge on any atom is -0.396 e. The Bertz CT molecular complexity index is 666. The highest BCUT2D eigenvalue weighted by Gasteiger charge is 2.06. The van der Waals surface area contributed by atoms with E-state index in [1.54, 1.807) is 12.1 Å². The maximum absolute atomic E-state index is 10.5. The van der Waals surface area contributed by atoms with Crippen molar-refractivity contribution < 1.29 is 18.1 Å². The van der Waals surface area contributed by atoms with Gasteiger partial charge in [-0.3, -0.25) is 4.55 Å². The largest absolute Gasteiger partial charge is 0.396 e. The van der Waals surface area contributed by atoms with Gasteiger partial charge >= 0.3 is 0 Å². The average molecular weight is 373 g/mol. The Kier molecular flexibility index (Phi) is 7.04. The fourth-order valence-electron chi connectivity index (χ4n) is 1.53. The Hall–Kier alpha value is -1.21. The first kappa shape index (κ1) is 17.8. The van der Waals surface area contributed by atoms with Crippen LogP contribution in [0.1, 0.15) is 11.1 Å². The molecule has 2 aromatic rings. The number of aliphatic hydroxyl groups excluding tert-OH is 1. The lowest BCUT2D eigenvalue weighted by Crippen LogP contribution is -1.96. The van der Waals surface area contributed by atoms with Crippen LogP contribution in [0.25, 0.3) is 0 Å². The number of aryl methyl sites for hydroxylation is 1. The van der Waals surface area contributed by atoms with E-state index in [0.29, 0.717) is 0 Å². The summed E-state index contributed by atoms with van der Waals surface area (Å²) in [6, 6.07) is 13.9. The van der Waals surface area contributed by atoms with Crippen LogP contribution in [0, 0.1) is 6.92 Å². The van der Waals surface area contributed by atoms with Crippen molar-refractivity contribution in [2.75, 3.05) is 6.61 Å². The molecule has 0 spiro atoms. The van der Waals surface area contributed by atoms with Crippen molar-refractivity contribution in [3.63, 3.8) is 0 Å². The predicted octanol–water partition coefficient (Wildman–Crippen LogP) is 3.23. The van der Waals surface area contributed by atoms with E-state index in [1.165, 1.54) is 12.1 Å². The quantitative estimate of drug-likeness (QED) is 0.811. The van der Waals surface area contributed by atoms with E-state index in [4.69, 9.17) is 9.66 Å². The van der Waals surface area contributed by atoms with Gasteiger partial charge in [-0.1, -0.05) is 45.8 Å². The van der Waals surface area contributed by atoms with Crippen molar-refractivity contribution in [1.82, 2.24) is 0 Å². The van der Waals surface area contributed by atoms with Crippen LogP contribution in [-0.4, -0.2) is 24.7 Å². The number of benzene rings is 2. The lowest BCUT2D eigenvalue weighted by molar-refractivity contribution is 0.299. The maximum Gasteiger partial charge on any atom is 0.294 e. The Morgan fingerprint density at radius 3 is 2.19 bits per heavy atom. The third-order valence-electron chi connectivity index (χ3n) is 2.61. The Balaban J connectivity index is 0.000000211. The summed E-state index contributed by atoms with van der Waals surface area (Å²) >= 11 is 3.35. The van der Waals surface area contributed by atoms with Crippen molar-refractivity contribution in [2.45, 2.75) is 18.2 Å². The van der Waals surface area contributed by atoms with Crippen molar-refractivity contribution in [2.24, 2.45) is 0 Å². The van der Waals surface area contributed by atoms with Crippen molar-refractivity contribution in [3.05, 3.63) is 64.1 Å². The summed E-state index contributed by atoms with van der Waals surface area (Å²) < 4.78 is 30.6. The third kappa shape index (κ3) is 6.86. The molecular weight excluding hydrogens is 356 g/mol. The predicted molar refractivity (Wildman–Crippen MR) is 85.9 cm³/mol. The number of rotatable bonds is 3. The highest BCUT2D eigenvalue weighted by molar-refractivity contribution is 9.10. The molecule has 0 bridgehead atoms. The molecule has 0 fully saturated rings. The van der Waals surface area contributed by atoms with Crippen LogP contribution in [0.2, 0.25) is 0 Å². The molecule has 0 amide bonds. The number of hydrogen-bond acceptors (Lipinski definition) is 3. The van der Waals surface area contributed by atoms with Gasteiger partial charge in [-0.15, -0.1) is 0 Å². The molecule has 2 N–H and O–H groups in total. The molecule has 0 heterocycles. The van der Waals surface area contributed by atoms with Crippen LogP contribution < -0.4 is 0 Å². The van der Waals surface area contributed by atoms with E-state index in [2.05, 4.69) is 15.9 Å². The minimum absolute atomic E-state index is 0.0666. The molecule has 0 atom stereocenters. The number of hydrogen-bond donors (Lipinski definition) is 2. The minimum atomic E-state index is -4.02. The smallest absolute Gasteiger partial charge is 0.294 e. The lowest BCUT2D eigenvalue weighted by atomic mass is 10.2. The molecule has 6 heteroatoms. The normalized spacial score (nSPS) is 10.7. The first-order valence-corrected chi connectivity index (χ1v) is 8.45. The number of halogens is 1. The van der Waals surface area contributed by atoms with E-state index >= 15 is 0 Å². The van der Waals surface area contributed by atoms with E-state index in [9.17, 15) is 8.42 Å². The second-order valence-electron chi connectivity index (χ2n) is 4.39. The molecule has 0 saturated heterocycles. The molecule has 0 saturated carbocycles. The first-order chi connectivity index (χ1) is 9.82. The molecule has 2 aromatic carbocycles. The van der Waals surface area contributed by atoms with E-state index in [1.807, 2.05) is 31.2 Å². The molecule has 114 valence electrons. The second-order valence-corrected chi connectivity index (χ2v) is 6.73. The van der Waals surface area contributed by atoms with Crippen LogP contribution in [0.5, 0.6) is 0 Å². The van der Waals surface area contributed by atoms with E-state index in [0.717, 1.165) is 22.0 Å². The second kappa shape index (κ2) is 8.29. The molecule has 4 nitrogen and oxygen atoms in total. The monoisotopic (exact) mass is 372 g/mol. The topological polar surface area (TPSA) is 74.6 Å². The Morgan fingerprint density at radius 2 is 1.71 bits per heavy atom. The highest BCUT2D eigenvalue weighted by Crippen LogP contribution is 2.11. The van der Waals surface area contributed by atoms with Gasteiger partial charge in [0.25, 0.3) is 10.1 Å². The molecule has 21 heavy (non-hydrogen) atoms. The van der Waals surface area contributed by atoms with Gasteiger partial charge in [0.2, 0.25) is 0 Å². The summed E-state index contributed by atoms with van der Waals surface area (Å²) in [5, 5.41) is 8.60. The molecular formula is C15H17BrO4S. The lowest BCUT2D eigenvalue weighted by Gasteiger charge is -1.96. The summed E-state index contributed by atoms with van der Waals surface area (Å²) in [6.07, 6.45) is 0.736. The standard InChI is InChI=1S/C8H9BrO.C7H8O3S/c9-8-3-1-2-7(6-8)4-5-10;1-6-2-4-7(5-3-6)11(8,9)10/h1-3,6,10H,4-5H2;2-5H,1H3,(H,8,9,10). The van der Waals surface area contributed by atoms with Gasteiger partial charge < -0.3 is 5.11 Å². The van der Waals surface area contributed by atoms with Crippen LogP contribution in [0.15, 0.2) is 57.9 Å². The van der Waals surface area contributed by atoms with Gasteiger partial charge in [0, 0.05) is 11.1 Å². The van der Waals surface area contributed by atoms with Crippen LogP contribution in [0.3, 0.4) is 0 Å². The highest BCUT2D eigenvalue weighted by atomic mass is 79.9. The summed E-state index contributed by atoms with van der Waals surface area (Å²) in [5.41, 5.74) is 2.12. The van der Waals surface area contributed by atoms with E-state index in [-0.39, 0.29) is 11.5 Å². The molecule has 2 rings (SSSR count). The molecule has 0 unspecified atom stereocenters. The first-order valence-electron chi connectivity index (χ1n) is 6.22. The van der Waals surface area contributed by atoms with Crippen LogP contribution >= 0.6 is 15.9 Å². The van der Waals surface area contributed by atoms with E-state index < -0.39 is 10.1 Å². The zero-order valence-electron chi connectivity index (χ0n) is 11.5. The molecule has 0 aliphatic heterocycles. The van der Waals surface area contributed by atoms with Crippen molar-refractivity contribution in [3.8, 4) is 0 Å². The van der Waals surface area contributed by atoms with Crippen LogP contribution in [-0.2, 0) is 16.5 Å². The summed E-state index contributed by atoms with van der Waals surface area (Å²) in [7, 11) is -4.02. The number of aliphatic hydroxyl groups is 1. The fourth-order valence-corrected chi connectivity index (χ4v) is 2.46. The van der Waals surface area contributed by atoms with Crippen LogP contribution in [0.4, 0.5) is 0 Å². The van der Waals surface area contributed by atoms with Crippen molar-refractivity contribution >= 4 is 26.0 Å². The molecule has 0 aliphatic carbocycles.